The molecule has 0 saturated carbocycles. The van der Waals surface area contributed by atoms with Crippen LogP contribution in [-0.4, -0.2) is 0 Å². The maximum Gasteiger partial charge on any atom is 0.181 e. The predicted octanol–water partition coefficient (Wildman–Crippen LogP) is 6.37. The Morgan fingerprint density at radius 1 is 0.739 bits per heavy atom. The number of pyridine rings is 1. The summed E-state index contributed by atoms with van der Waals surface area (Å²) in [6.07, 6.45) is 20.6. The molecule has 0 bridgehead atoms. The fourth-order valence-corrected chi connectivity index (χ4v) is 3.36. The largest absolute Gasteiger partial charge is 0.205 e. The van der Waals surface area contributed by atoms with Gasteiger partial charge >= 0.3 is 0 Å². The lowest BCUT2D eigenvalue weighted by Crippen LogP contribution is -2.32. The number of aromatic nitrogens is 1. The molecule has 132 valence electrons. The van der Waals surface area contributed by atoms with Crippen LogP contribution in [0.2, 0.25) is 0 Å². The molecule has 0 spiro atoms. The number of hydrogen-bond acceptors (Lipinski definition) is 0. The second-order valence-corrected chi connectivity index (χ2v) is 7.30. The van der Waals surface area contributed by atoms with E-state index in [4.69, 9.17) is 0 Å². The van der Waals surface area contributed by atoms with Gasteiger partial charge in [0, 0.05) is 18.6 Å². The Morgan fingerprint density at radius 2 is 1.22 bits per heavy atom. The van der Waals surface area contributed by atoms with E-state index in [2.05, 4.69) is 44.6 Å². The Bertz CT molecular complexity index is 422. The average molecular weight is 319 g/mol. The lowest BCUT2D eigenvalue weighted by Gasteiger charge is -2.07. The molecule has 0 amide bonds. The van der Waals surface area contributed by atoms with Gasteiger partial charge in [0.05, 0.1) is 0 Å². The van der Waals surface area contributed by atoms with E-state index in [9.17, 15) is 0 Å². The highest BCUT2D eigenvalue weighted by atomic mass is 14.9. The van der Waals surface area contributed by atoms with Crippen LogP contribution in [0.15, 0.2) is 12.3 Å². The highest BCUT2D eigenvalue weighted by Gasteiger charge is 2.08. The second kappa shape index (κ2) is 12.6. The van der Waals surface area contributed by atoms with Gasteiger partial charge in [-0.1, -0.05) is 77.6 Å². The monoisotopic (exact) mass is 318 g/mol. The molecule has 0 radical (unpaired) electrons. The van der Waals surface area contributed by atoms with E-state index in [1.165, 1.54) is 94.7 Å². The topological polar surface area (TPSA) is 3.88 Å². The van der Waals surface area contributed by atoms with Gasteiger partial charge in [0.2, 0.25) is 0 Å². The molecule has 0 N–H and O–H groups in total. The van der Waals surface area contributed by atoms with Gasteiger partial charge in [0.25, 0.3) is 0 Å². The molecule has 0 saturated heterocycles. The summed E-state index contributed by atoms with van der Waals surface area (Å²) in [7, 11) is 2.13. The van der Waals surface area contributed by atoms with Crippen LogP contribution < -0.4 is 4.57 Å². The van der Waals surface area contributed by atoms with Crippen LogP contribution in [-0.2, 0) is 13.5 Å². The molecule has 0 aromatic carbocycles. The quantitative estimate of drug-likeness (QED) is 0.294. The predicted molar refractivity (Wildman–Crippen MR) is 102 cm³/mol. The van der Waals surface area contributed by atoms with Crippen molar-refractivity contribution >= 4 is 0 Å². The van der Waals surface area contributed by atoms with Crippen LogP contribution in [0, 0.1) is 13.8 Å². The van der Waals surface area contributed by atoms with Crippen molar-refractivity contribution in [3.63, 3.8) is 0 Å². The van der Waals surface area contributed by atoms with E-state index in [0.717, 1.165) is 0 Å². The van der Waals surface area contributed by atoms with Crippen molar-refractivity contribution in [1.29, 1.82) is 0 Å². The molecule has 0 aliphatic heterocycles. The Balaban J connectivity index is 1.97. The summed E-state index contributed by atoms with van der Waals surface area (Å²) < 4.78 is 2.22. The first-order valence-electron chi connectivity index (χ1n) is 10.1. The summed E-state index contributed by atoms with van der Waals surface area (Å²) in [6.45, 7) is 6.78. The molecule has 1 aromatic heterocycles. The SMILES string of the molecule is CCCCCCCCCCCCCCc1cc[n+](C)c(C)c1C. The molecule has 1 nitrogen and oxygen atoms in total. The molecule has 0 fully saturated rings. The van der Waals surface area contributed by atoms with Gasteiger partial charge in [-0.15, -0.1) is 0 Å². The Kier molecular flexibility index (Phi) is 11.0. The summed E-state index contributed by atoms with van der Waals surface area (Å²) in [5.41, 5.74) is 4.44. The van der Waals surface area contributed by atoms with Crippen molar-refractivity contribution in [2.45, 2.75) is 104 Å². The number of rotatable bonds is 13. The third-order valence-electron chi connectivity index (χ3n) is 5.35. The molecule has 0 aliphatic rings. The number of unbranched alkanes of at least 4 members (excludes halogenated alkanes) is 11. The Morgan fingerprint density at radius 3 is 1.74 bits per heavy atom. The average Bonchev–Trinajstić information content (AvgIpc) is 2.55. The zero-order valence-corrected chi connectivity index (χ0v) is 16.3. The second-order valence-electron chi connectivity index (χ2n) is 7.30. The third kappa shape index (κ3) is 8.53. The summed E-state index contributed by atoms with van der Waals surface area (Å²) in [5, 5.41) is 0. The van der Waals surface area contributed by atoms with E-state index < -0.39 is 0 Å². The van der Waals surface area contributed by atoms with Crippen molar-refractivity contribution in [3.05, 3.63) is 29.1 Å². The molecule has 1 heterocycles. The zero-order chi connectivity index (χ0) is 16.9. The lowest BCUT2D eigenvalue weighted by atomic mass is 10.0. The van der Waals surface area contributed by atoms with E-state index in [1.807, 2.05) is 0 Å². The highest BCUT2D eigenvalue weighted by molar-refractivity contribution is 5.24. The minimum absolute atomic E-state index is 1.25. The third-order valence-corrected chi connectivity index (χ3v) is 5.35. The number of nitrogens with zero attached hydrogens (tertiary/aromatic N) is 1. The maximum absolute atomic E-state index is 2.31. The van der Waals surface area contributed by atoms with Gasteiger partial charge in [-0.25, -0.2) is 4.57 Å². The first-order valence-corrected chi connectivity index (χ1v) is 10.1. The number of aryl methyl sites for hydroxylation is 2. The molecule has 0 atom stereocenters. The first kappa shape index (κ1) is 20.2. The van der Waals surface area contributed by atoms with Crippen molar-refractivity contribution in [3.8, 4) is 0 Å². The van der Waals surface area contributed by atoms with Crippen molar-refractivity contribution in [1.82, 2.24) is 0 Å². The van der Waals surface area contributed by atoms with Crippen LogP contribution >= 0.6 is 0 Å². The molecule has 23 heavy (non-hydrogen) atoms. The fourth-order valence-electron chi connectivity index (χ4n) is 3.36. The van der Waals surface area contributed by atoms with Crippen molar-refractivity contribution in [2.75, 3.05) is 0 Å². The van der Waals surface area contributed by atoms with Crippen LogP contribution in [0.4, 0.5) is 0 Å². The Hall–Kier alpha value is -0.850. The van der Waals surface area contributed by atoms with Crippen LogP contribution in [0.5, 0.6) is 0 Å². The summed E-state index contributed by atoms with van der Waals surface area (Å²) in [6, 6.07) is 2.31. The van der Waals surface area contributed by atoms with E-state index in [0.29, 0.717) is 0 Å². The lowest BCUT2D eigenvalue weighted by molar-refractivity contribution is -0.678. The fraction of sp³-hybridized carbons (Fsp3) is 0.773. The molecule has 0 aliphatic carbocycles. The highest BCUT2D eigenvalue weighted by Crippen LogP contribution is 2.15. The molecular weight excluding hydrogens is 278 g/mol. The summed E-state index contributed by atoms with van der Waals surface area (Å²) in [5.74, 6) is 0. The normalized spacial score (nSPS) is 11.1. The zero-order valence-electron chi connectivity index (χ0n) is 16.3. The Labute approximate surface area is 145 Å². The van der Waals surface area contributed by atoms with Crippen molar-refractivity contribution in [2.24, 2.45) is 7.05 Å². The standard InChI is InChI=1S/C22H40N/c1-5-6-7-8-9-10-11-12-13-14-15-16-17-22-18-19-23(4)21(3)20(22)2/h18-19H,5-17H2,1-4H3/q+1. The minimum Gasteiger partial charge on any atom is -0.205 e. The van der Waals surface area contributed by atoms with Crippen LogP contribution in [0.1, 0.15) is 101 Å². The minimum atomic E-state index is 1.25. The summed E-state index contributed by atoms with van der Waals surface area (Å²) in [4.78, 5) is 0. The maximum atomic E-state index is 2.31. The van der Waals surface area contributed by atoms with Crippen LogP contribution in [0.3, 0.4) is 0 Å². The molecule has 1 aromatic rings. The van der Waals surface area contributed by atoms with Gasteiger partial charge < -0.3 is 0 Å². The van der Waals surface area contributed by atoms with Gasteiger partial charge in [0.1, 0.15) is 7.05 Å². The van der Waals surface area contributed by atoms with E-state index in [-0.39, 0.29) is 0 Å². The molecular formula is C22H40N+. The van der Waals surface area contributed by atoms with Gasteiger partial charge in [-0.3, -0.25) is 0 Å². The smallest absolute Gasteiger partial charge is 0.181 e. The summed E-state index contributed by atoms with van der Waals surface area (Å²) >= 11 is 0. The van der Waals surface area contributed by atoms with Gasteiger partial charge in [0.15, 0.2) is 11.9 Å². The molecule has 1 rings (SSSR count). The van der Waals surface area contributed by atoms with Crippen LogP contribution in [0.25, 0.3) is 0 Å². The number of hydrogen-bond donors (Lipinski definition) is 0. The van der Waals surface area contributed by atoms with Crippen molar-refractivity contribution < 1.29 is 4.57 Å². The van der Waals surface area contributed by atoms with E-state index >= 15 is 0 Å². The first-order chi connectivity index (χ1) is 11.2. The molecule has 0 unspecified atom stereocenters. The molecule has 1 heteroatoms. The van der Waals surface area contributed by atoms with Gasteiger partial charge in [-0.2, -0.15) is 0 Å². The van der Waals surface area contributed by atoms with Gasteiger partial charge in [-0.05, 0) is 25.3 Å². The van der Waals surface area contributed by atoms with E-state index in [1.54, 1.807) is 5.56 Å².